The van der Waals surface area contributed by atoms with Crippen LogP contribution in [0.1, 0.15) is 71.0 Å². The van der Waals surface area contributed by atoms with E-state index in [0.717, 1.165) is 18.9 Å². The maximum absolute atomic E-state index is 12.9. The SMILES string of the molecule is Cc1cc([C@@H](C)CC(=O)c2cc(=O)[nH]c(C3CC3)n2)ccc1C(F)(F)F. The molecule has 26 heavy (non-hydrogen) atoms. The molecular formula is C19H19F3N2O2. The maximum Gasteiger partial charge on any atom is 0.416 e. The summed E-state index contributed by atoms with van der Waals surface area (Å²) in [5.41, 5.74) is -0.143. The van der Waals surface area contributed by atoms with Crippen LogP contribution in [0.5, 0.6) is 0 Å². The maximum atomic E-state index is 12.9. The first-order valence-electron chi connectivity index (χ1n) is 8.47. The number of H-pyrrole nitrogens is 1. The van der Waals surface area contributed by atoms with Crippen LogP contribution in [0.4, 0.5) is 13.2 Å². The Morgan fingerprint density at radius 3 is 2.58 bits per heavy atom. The van der Waals surface area contributed by atoms with E-state index in [4.69, 9.17) is 0 Å². The molecule has 1 aliphatic carbocycles. The van der Waals surface area contributed by atoms with Crippen molar-refractivity contribution in [2.45, 2.75) is 51.1 Å². The van der Waals surface area contributed by atoms with Crippen LogP contribution in [0.15, 0.2) is 29.1 Å². The molecule has 0 unspecified atom stereocenters. The molecule has 0 spiro atoms. The lowest BCUT2D eigenvalue weighted by atomic mass is 9.92. The second-order valence-electron chi connectivity index (χ2n) is 6.89. The van der Waals surface area contributed by atoms with E-state index >= 15 is 0 Å². The van der Waals surface area contributed by atoms with E-state index < -0.39 is 11.7 Å². The molecule has 1 aliphatic rings. The Balaban J connectivity index is 1.77. The van der Waals surface area contributed by atoms with Gasteiger partial charge >= 0.3 is 6.18 Å². The van der Waals surface area contributed by atoms with Gasteiger partial charge in [0.2, 0.25) is 0 Å². The molecule has 1 N–H and O–H groups in total. The van der Waals surface area contributed by atoms with Crippen LogP contribution in [0.25, 0.3) is 0 Å². The Labute approximate surface area is 148 Å². The van der Waals surface area contributed by atoms with E-state index in [1.807, 2.05) is 0 Å². The van der Waals surface area contributed by atoms with E-state index in [1.54, 1.807) is 6.92 Å². The average Bonchev–Trinajstić information content (AvgIpc) is 3.37. The fraction of sp³-hybridized carbons (Fsp3) is 0.421. The van der Waals surface area contributed by atoms with Crippen molar-refractivity contribution in [2.24, 2.45) is 0 Å². The molecule has 3 rings (SSSR count). The Kier molecular flexibility index (Phi) is 4.73. The zero-order valence-corrected chi connectivity index (χ0v) is 14.5. The number of nitrogens with one attached hydrogen (secondary N) is 1. The first-order valence-corrected chi connectivity index (χ1v) is 8.47. The average molecular weight is 364 g/mol. The van der Waals surface area contributed by atoms with Gasteiger partial charge in [0.25, 0.3) is 5.56 Å². The van der Waals surface area contributed by atoms with Crippen LogP contribution in [-0.2, 0) is 6.18 Å². The van der Waals surface area contributed by atoms with Crippen LogP contribution < -0.4 is 5.56 Å². The summed E-state index contributed by atoms with van der Waals surface area (Å²) < 4.78 is 38.6. The van der Waals surface area contributed by atoms with Crippen molar-refractivity contribution in [1.82, 2.24) is 9.97 Å². The predicted octanol–water partition coefficient (Wildman–Crippen LogP) is 4.35. The van der Waals surface area contributed by atoms with Gasteiger partial charge in [0.15, 0.2) is 5.78 Å². The fourth-order valence-corrected chi connectivity index (χ4v) is 2.98. The molecule has 1 aromatic heterocycles. The number of aromatic nitrogens is 2. The Morgan fingerprint density at radius 1 is 1.31 bits per heavy atom. The normalized spacial score (nSPS) is 15.7. The number of rotatable bonds is 5. The van der Waals surface area contributed by atoms with Gasteiger partial charge in [0.1, 0.15) is 11.5 Å². The number of Topliss-reactive ketones (excluding diaryl/α,β-unsaturated/α-hetero) is 1. The highest BCUT2D eigenvalue weighted by molar-refractivity contribution is 5.94. The van der Waals surface area contributed by atoms with Crippen molar-refractivity contribution >= 4 is 5.78 Å². The number of benzene rings is 1. The Morgan fingerprint density at radius 2 is 2.00 bits per heavy atom. The third-order valence-electron chi connectivity index (χ3n) is 4.63. The number of hydrogen-bond acceptors (Lipinski definition) is 3. The number of carbonyl (C=O) groups is 1. The van der Waals surface area contributed by atoms with Gasteiger partial charge in [-0.05, 0) is 42.9 Å². The molecule has 2 aromatic rings. The fourth-order valence-electron chi connectivity index (χ4n) is 2.98. The van der Waals surface area contributed by atoms with Gasteiger partial charge in [-0.1, -0.05) is 19.1 Å². The zero-order valence-electron chi connectivity index (χ0n) is 14.5. The molecule has 4 nitrogen and oxygen atoms in total. The molecule has 1 fully saturated rings. The molecule has 138 valence electrons. The highest BCUT2D eigenvalue weighted by Crippen LogP contribution is 2.37. The van der Waals surface area contributed by atoms with Gasteiger partial charge < -0.3 is 4.98 Å². The van der Waals surface area contributed by atoms with Crippen LogP contribution in [0, 0.1) is 6.92 Å². The minimum absolute atomic E-state index is 0.0748. The second-order valence-corrected chi connectivity index (χ2v) is 6.89. The summed E-state index contributed by atoms with van der Waals surface area (Å²) in [6.45, 7) is 3.18. The summed E-state index contributed by atoms with van der Waals surface area (Å²) in [6.07, 6.45) is -2.43. The minimum atomic E-state index is -4.39. The molecule has 0 aliphatic heterocycles. The number of ketones is 1. The molecule has 0 amide bonds. The molecule has 1 saturated carbocycles. The molecule has 1 aromatic carbocycles. The van der Waals surface area contributed by atoms with Gasteiger partial charge in [0.05, 0.1) is 5.56 Å². The lowest BCUT2D eigenvalue weighted by molar-refractivity contribution is -0.138. The van der Waals surface area contributed by atoms with Crippen molar-refractivity contribution in [3.8, 4) is 0 Å². The Bertz CT molecular complexity index is 898. The first kappa shape index (κ1) is 18.4. The van der Waals surface area contributed by atoms with E-state index in [1.165, 1.54) is 25.1 Å². The summed E-state index contributed by atoms with van der Waals surface area (Å²) in [4.78, 5) is 31.1. The van der Waals surface area contributed by atoms with E-state index in [2.05, 4.69) is 9.97 Å². The quantitative estimate of drug-likeness (QED) is 0.802. The number of nitrogens with zero attached hydrogens (tertiary/aromatic N) is 1. The third-order valence-corrected chi connectivity index (χ3v) is 4.63. The minimum Gasteiger partial charge on any atom is -0.310 e. The van der Waals surface area contributed by atoms with Gasteiger partial charge in [-0.25, -0.2) is 4.98 Å². The third kappa shape index (κ3) is 4.03. The number of hydrogen-bond donors (Lipinski definition) is 1. The highest BCUT2D eigenvalue weighted by atomic mass is 19.4. The number of halogens is 3. The smallest absolute Gasteiger partial charge is 0.310 e. The van der Waals surface area contributed by atoms with Crippen molar-refractivity contribution < 1.29 is 18.0 Å². The molecule has 0 bridgehead atoms. The van der Waals surface area contributed by atoms with Crippen molar-refractivity contribution in [3.05, 3.63) is 62.8 Å². The zero-order chi connectivity index (χ0) is 19.1. The highest BCUT2D eigenvalue weighted by Gasteiger charge is 2.32. The van der Waals surface area contributed by atoms with Crippen LogP contribution in [-0.4, -0.2) is 15.8 Å². The number of aromatic amines is 1. The van der Waals surface area contributed by atoms with Crippen molar-refractivity contribution in [1.29, 1.82) is 0 Å². The van der Waals surface area contributed by atoms with Crippen LogP contribution >= 0.6 is 0 Å². The van der Waals surface area contributed by atoms with Crippen molar-refractivity contribution in [3.63, 3.8) is 0 Å². The topological polar surface area (TPSA) is 62.8 Å². The van der Waals surface area contributed by atoms with Gasteiger partial charge in [-0.15, -0.1) is 0 Å². The number of carbonyl (C=O) groups excluding carboxylic acids is 1. The van der Waals surface area contributed by atoms with E-state index in [0.29, 0.717) is 11.4 Å². The van der Waals surface area contributed by atoms with Gasteiger partial charge in [-0.3, -0.25) is 9.59 Å². The second kappa shape index (κ2) is 6.70. The van der Waals surface area contributed by atoms with Crippen LogP contribution in [0.2, 0.25) is 0 Å². The molecule has 1 atom stereocenters. The van der Waals surface area contributed by atoms with Crippen molar-refractivity contribution in [2.75, 3.05) is 0 Å². The van der Waals surface area contributed by atoms with Crippen LogP contribution in [0.3, 0.4) is 0 Å². The summed E-state index contributed by atoms with van der Waals surface area (Å²) in [5.74, 6) is 0.182. The molecular weight excluding hydrogens is 345 g/mol. The molecule has 0 saturated heterocycles. The van der Waals surface area contributed by atoms with E-state index in [9.17, 15) is 22.8 Å². The standard InChI is InChI=1S/C19H19F3N2O2/c1-10(13-5-6-14(11(2)7-13)19(20,21)22)8-16(25)15-9-17(26)24-18(23-15)12-3-4-12/h5-7,9-10,12H,3-4,8H2,1-2H3,(H,23,24,26)/t10-/m0/s1. The molecule has 7 heteroatoms. The summed E-state index contributed by atoms with van der Waals surface area (Å²) in [6, 6.07) is 5.08. The summed E-state index contributed by atoms with van der Waals surface area (Å²) in [5, 5.41) is 0. The summed E-state index contributed by atoms with van der Waals surface area (Å²) >= 11 is 0. The predicted molar refractivity (Wildman–Crippen MR) is 90.4 cm³/mol. The van der Waals surface area contributed by atoms with E-state index in [-0.39, 0.29) is 40.9 Å². The summed E-state index contributed by atoms with van der Waals surface area (Å²) in [7, 11) is 0. The monoisotopic (exact) mass is 364 g/mol. The van der Waals surface area contributed by atoms with Gasteiger partial charge in [-0.2, -0.15) is 13.2 Å². The lowest BCUT2D eigenvalue weighted by Crippen LogP contribution is -2.16. The first-order chi connectivity index (χ1) is 12.1. The largest absolute Gasteiger partial charge is 0.416 e. The number of aryl methyl sites for hydroxylation is 1. The van der Waals surface area contributed by atoms with Gasteiger partial charge in [0, 0.05) is 18.4 Å². The molecule has 1 heterocycles. The molecule has 0 radical (unpaired) electrons. The lowest BCUT2D eigenvalue weighted by Gasteiger charge is -2.15. The number of alkyl halides is 3. The Hall–Kier alpha value is -2.44.